The third-order valence-corrected chi connectivity index (χ3v) is 3.39. The van der Waals surface area contributed by atoms with E-state index in [0.29, 0.717) is 22.3 Å². The molecule has 0 aliphatic heterocycles. The maximum atomic E-state index is 12.6. The van der Waals surface area contributed by atoms with E-state index in [4.69, 9.17) is 10.5 Å². The maximum absolute atomic E-state index is 12.6. The summed E-state index contributed by atoms with van der Waals surface area (Å²) < 4.78 is 29.9. The fourth-order valence-electron chi connectivity index (χ4n) is 2.56. The molecule has 0 aromatic heterocycles. The van der Waals surface area contributed by atoms with Crippen LogP contribution >= 0.6 is 0 Å². The highest BCUT2D eigenvalue weighted by molar-refractivity contribution is 5.95. The summed E-state index contributed by atoms with van der Waals surface area (Å²) in [6, 6.07) is 11.9. The van der Waals surface area contributed by atoms with Crippen molar-refractivity contribution < 1.29 is 18.3 Å². The molecule has 0 radical (unpaired) electrons. The number of ether oxygens (including phenoxy) is 1. The lowest BCUT2D eigenvalue weighted by atomic mass is 10.0. The second kappa shape index (κ2) is 4.68. The predicted octanol–water partition coefficient (Wildman–Crippen LogP) is 3.09. The molecule has 0 bridgehead atoms. The Balaban J connectivity index is 2.17. The minimum Gasteiger partial charge on any atom is -0.366 e. The van der Waals surface area contributed by atoms with Crippen LogP contribution in [0.15, 0.2) is 42.5 Å². The first kappa shape index (κ1) is 12.7. The Kier molecular flexibility index (Phi) is 2.99. The molecule has 3 nitrogen and oxygen atoms in total. The Bertz CT molecular complexity index is 685. The molecule has 2 N–H and O–H groups in total. The molecule has 1 amide bonds. The summed E-state index contributed by atoms with van der Waals surface area (Å²) in [5.41, 5.74) is 8.39. The van der Waals surface area contributed by atoms with Gasteiger partial charge in [-0.05, 0) is 34.4 Å². The van der Waals surface area contributed by atoms with Gasteiger partial charge < -0.3 is 10.5 Å². The smallest absolute Gasteiger partial charge is 0.346 e. The number of rotatable bonds is 3. The molecule has 1 atom stereocenters. The zero-order chi connectivity index (χ0) is 14.3. The molecule has 3 rings (SSSR count). The van der Waals surface area contributed by atoms with Gasteiger partial charge in [0, 0.05) is 5.56 Å². The number of amides is 1. The number of carbonyl (C=O) groups is 1. The van der Waals surface area contributed by atoms with Gasteiger partial charge in [0.2, 0.25) is 5.91 Å². The second-order valence-electron chi connectivity index (χ2n) is 4.53. The summed E-state index contributed by atoms with van der Waals surface area (Å²) >= 11 is 0. The zero-order valence-electron chi connectivity index (χ0n) is 10.3. The first-order valence-electron chi connectivity index (χ1n) is 6.04. The number of primary amides is 1. The van der Waals surface area contributed by atoms with Crippen molar-refractivity contribution in [2.45, 2.75) is 12.7 Å². The molecule has 0 spiro atoms. The van der Waals surface area contributed by atoms with Gasteiger partial charge in [-0.2, -0.15) is 8.78 Å². The van der Waals surface area contributed by atoms with E-state index < -0.39 is 18.6 Å². The number of nitrogens with two attached hydrogens (primary N) is 1. The molecule has 1 aliphatic rings. The third kappa shape index (κ3) is 1.96. The Hall–Kier alpha value is -2.27. The molecule has 0 saturated carbocycles. The van der Waals surface area contributed by atoms with Gasteiger partial charge in [-0.3, -0.25) is 4.79 Å². The van der Waals surface area contributed by atoms with Crippen LogP contribution in [0, 0.1) is 0 Å². The molecule has 0 fully saturated rings. The van der Waals surface area contributed by atoms with Gasteiger partial charge in [0.25, 0.3) is 0 Å². The van der Waals surface area contributed by atoms with E-state index in [1.54, 1.807) is 24.3 Å². The number of halogens is 2. The minimum atomic E-state index is -2.87. The van der Waals surface area contributed by atoms with Gasteiger partial charge in [0.1, 0.15) is 6.10 Å². The largest absolute Gasteiger partial charge is 0.366 e. The van der Waals surface area contributed by atoms with Crippen LogP contribution in [0.3, 0.4) is 0 Å². The number of carbonyl (C=O) groups excluding carboxylic acids is 1. The van der Waals surface area contributed by atoms with Crippen molar-refractivity contribution >= 4 is 5.91 Å². The molecule has 5 heteroatoms. The predicted molar refractivity (Wildman–Crippen MR) is 69.3 cm³/mol. The first-order chi connectivity index (χ1) is 9.58. The summed E-state index contributed by atoms with van der Waals surface area (Å²) in [7, 11) is 0. The van der Waals surface area contributed by atoms with Crippen LogP contribution < -0.4 is 5.73 Å². The topological polar surface area (TPSA) is 52.3 Å². The lowest BCUT2D eigenvalue weighted by molar-refractivity contribution is -0.152. The summed E-state index contributed by atoms with van der Waals surface area (Å²) in [4.78, 5) is 11.2. The molecule has 1 aliphatic carbocycles. The lowest BCUT2D eigenvalue weighted by Gasteiger charge is -2.14. The number of alkyl halides is 2. The lowest BCUT2D eigenvalue weighted by Crippen LogP contribution is -2.11. The standard InChI is InChI=1S/C15H11F2NO2/c16-15(17)20-13-10-4-2-1-3-9(10)12-7-8(14(18)19)5-6-11(12)13/h1-7,13,15H,(H2,18,19). The van der Waals surface area contributed by atoms with Crippen LogP contribution in [0.25, 0.3) is 11.1 Å². The minimum absolute atomic E-state index is 0.344. The van der Waals surface area contributed by atoms with Gasteiger partial charge in [-0.15, -0.1) is 0 Å². The van der Waals surface area contributed by atoms with Crippen LogP contribution in [0.1, 0.15) is 27.6 Å². The van der Waals surface area contributed by atoms with Crippen molar-refractivity contribution in [1.29, 1.82) is 0 Å². The van der Waals surface area contributed by atoms with Crippen molar-refractivity contribution in [1.82, 2.24) is 0 Å². The number of benzene rings is 2. The van der Waals surface area contributed by atoms with Crippen LogP contribution in [-0.2, 0) is 4.74 Å². The molecule has 2 aromatic carbocycles. The molecular weight excluding hydrogens is 264 g/mol. The Labute approximate surface area is 114 Å². The number of hydrogen-bond acceptors (Lipinski definition) is 2. The normalized spacial score (nSPS) is 16.1. The van der Waals surface area contributed by atoms with E-state index in [-0.39, 0.29) is 0 Å². The maximum Gasteiger partial charge on any atom is 0.346 e. The highest BCUT2D eigenvalue weighted by Gasteiger charge is 2.31. The van der Waals surface area contributed by atoms with E-state index in [0.717, 1.165) is 5.56 Å². The number of fused-ring (bicyclic) bond motifs is 3. The molecule has 0 saturated heterocycles. The number of hydrogen-bond donors (Lipinski definition) is 1. The fraction of sp³-hybridized carbons (Fsp3) is 0.133. The first-order valence-corrected chi connectivity index (χ1v) is 6.04. The quantitative estimate of drug-likeness (QED) is 0.935. The van der Waals surface area contributed by atoms with E-state index in [2.05, 4.69) is 0 Å². The Morgan fingerprint density at radius 2 is 1.80 bits per heavy atom. The van der Waals surface area contributed by atoms with Crippen LogP contribution in [0.2, 0.25) is 0 Å². The van der Waals surface area contributed by atoms with Crippen molar-refractivity contribution in [2.75, 3.05) is 0 Å². The summed E-state index contributed by atoms with van der Waals surface area (Å²) in [5, 5.41) is 0. The fourth-order valence-corrected chi connectivity index (χ4v) is 2.56. The average Bonchev–Trinajstić information content (AvgIpc) is 2.73. The highest BCUT2D eigenvalue weighted by atomic mass is 19.3. The van der Waals surface area contributed by atoms with E-state index in [1.807, 2.05) is 12.1 Å². The SMILES string of the molecule is NC(=O)c1ccc2c(c1)-c1ccccc1C2OC(F)F. The van der Waals surface area contributed by atoms with Crippen LogP contribution in [0.4, 0.5) is 8.78 Å². The van der Waals surface area contributed by atoms with Crippen LogP contribution in [-0.4, -0.2) is 12.5 Å². The average molecular weight is 275 g/mol. The Morgan fingerprint density at radius 3 is 2.50 bits per heavy atom. The van der Waals surface area contributed by atoms with Gasteiger partial charge in [-0.1, -0.05) is 30.3 Å². The van der Waals surface area contributed by atoms with E-state index in [1.165, 1.54) is 6.07 Å². The van der Waals surface area contributed by atoms with Crippen molar-refractivity contribution in [3.05, 3.63) is 59.2 Å². The molecule has 0 heterocycles. The van der Waals surface area contributed by atoms with E-state index >= 15 is 0 Å². The van der Waals surface area contributed by atoms with Gasteiger partial charge in [-0.25, -0.2) is 0 Å². The van der Waals surface area contributed by atoms with E-state index in [9.17, 15) is 13.6 Å². The molecule has 2 aromatic rings. The third-order valence-electron chi connectivity index (χ3n) is 3.39. The summed E-state index contributed by atoms with van der Waals surface area (Å²) in [6.45, 7) is -2.87. The highest BCUT2D eigenvalue weighted by Crippen LogP contribution is 2.46. The molecule has 1 unspecified atom stereocenters. The monoisotopic (exact) mass is 275 g/mol. The molecular formula is C15H11F2NO2. The van der Waals surface area contributed by atoms with Crippen molar-refractivity contribution in [2.24, 2.45) is 5.73 Å². The van der Waals surface area contributed by atoms with Crippen LogP contribution in [0.5, 0.6) is 0 Å². The van der Waals surface area contributed by atoms with Crippen molar-refractivity contribution in [3.63, 3.8) is 0 Å². The van der Waals surface area contributed by atoms with Gasteiger partial charge in [0.05, 0.1) is 0 Å². The second-order valence-corrected chi connectivity index (χ2v) is 4.53. The summed E-state index contributed by atoms with van der Waals surface area (Å²) in [6.07, 6.45) is -0.817. The van der Waals surface area contributed by atoms with Gasteiger partial charge >= 0.3 is 6.61 Å². The zero-order valence-corrected chi connectivity index (χ0v) is 10.3. The Morgan fingerprint density at radius 1 is 1.10 bits per heavy atom. The van der Waals surface area contributed by atoms with Crippen molar-refractivity contribution in [3.8, 4) is 11.1 Å². The summed E-state index contributed by atoms with van der Waals surface area (Å²) in [5.74, 6) is -0.552. The molecule has 102 valence electrons. The van der Waals surface area contributed by atoms with Gasteiger partial charge in [0.15, 0.2) is 0 Å². The molecule has 20 heavy (non-hydrogen) atoms.